The smallest absolute Gasteiger partial charge is 0.175 e. The standard InChI is InChI=1S/C17H11F2N3O2S/c1-25(23,24)14-5-2-11(3-6-14)17-9-13(10-20)21-22(17)16-7-4-12(18)8-15(16)19/h2-9H,1H3. The summed E-state index contributed by atoms with van der Waals surface area (Å²) in [6.45, 7) is 0. The van der Waals surface area contributed by atoms with Gasteiger partial charge in [0, 0.05) is 24.0 Å². The fourth-order valence-corrected chi connectivity index (χ4v) is 2.98. The number of nitrogens with zero attached hydrogens (tertiary/aromatic N) is 3. The highest BCUT2D eigenvalue weighted by Gasteiger charge is 2.16. The van der Waals surface area contributed by atoms with Gasteiger partial charge in [0.15, 0.2) is 21.3 Å². The first kappa shape index (κ1) is 16.8. The van der Waals surface area contributed by atoms with Crippen LogP contribution in [0.3, 0.4) is 0 Å². The maximum absolute atomic E-state index is 14.1. The van der Waals surface area contributed by atoms with Crippen molar-refractivity contribution in [1.82, 2.24) is 9.78 Å². The van der Waals surface area contributed by atoms with Crippen molar-refractivity contribution >= 4 is 9.84 Å². The Hall–Kier alpha value is -3.05. The van der Waals surface area contributed by atoms with Crippen molar-refractivity contribution in [2.75, 3.05) is 6.26 Å². The van der Waals surface area contributed by atoms with Crippen molar-refractivity contribution in [2.24, 2.45) is 0 Å². The molecule has 0 aliphatic rings. The van der Waals surface area contributed by atoms with Crippen LogP contribution in [-0.4, -0.2) is 24.5 Å². The molecule has 0 unspecified atom stereocenters. The molecule has 0 amide bonds. The summed E-state index contributed by atoms with van der Waals surface area (Å²) < 4.78 is 51.5. The lowest BCUT2D eigenvalue weighted by Crippen LogP contribution is -2.03. The number of nitriles is 1. The van der Waals surface area contributed by atoms with Gasteiger partial charge < -0.3 is 0 Å². The molecular formula is C17H11F2N3O2S. The fraction of sp³-hybridized carbons (Fsp3) is 0.0588. The molecule has 8 heteroatoms. The van der Waals surface area contributed by atoms with Crippen molar-refractivity contribution in [2.45, 2.75) is 4.90 Å². The topological polar surface area (TPSA) is 75.8 Å². The van der Waals surface area contributed by atoms with Gasteiger partial charge in [-0.25, -0.2) is 21.9 Å². The third-order valence-electron chi connectivity index (χ3n) is 3.54. The lowest BCUT2D eigenvalue weighted by Gasteiger charge is -2.09. The zero-order valence-corrected chi connectivity index (χ0v) is 13.8. The van der Waals surface area contributed by atoms with Crippen LogP contribution in [0.5, 0.6) is 0 Å². The Bertz CT molecular complexity index is 1100. The summed E-state index contributed by atoms with van der Waals surface area (Å²) in [7, 11) is -3.35. The van der Waals surface area contributed by atoms with E-state index in [-0.39, 0.29) is 16.3 Å². The summed E-state index contributed by atoms with van der Waals surface area (Å²) in [6, 6.07) is 12.2. The van der Waals surface area contributed by atoms with E-state index in [0.29, 0.717) is 11.3 Å². The zero-order valence-electron chi connectivity index (χ0n) is 12.9. The van der Waals surface area contributed by atoms with Crippen molar-refractivity contribution in [3.63, 3.8) is 0 Å². The Morgan fingerprint density at radius 2 is 1.76 bits per heavy atom. The number of sulfone groups is 1. The van der Waals surface area contributed by atoms with E-state index in [1.165, 1.54) is 41.1 Å². The minimum Gasteiger partial charge on any atom is -0.229 e. The van der Waals surface area contributed by atoms with Crippen LogP contribution in [0.1, 0.15) is 5.69 Å². The normalized spacial score (nSPS) is 11.3. The number of rotatable bonds is 3. The molecule has 0 bridgehead atoms. The van der Waals surface area contributed by atoms with Gasteiger partial charge in [0.25, 0.3) is 0 Å². The molecule has 0 N–H and O–H groups in total. The molecule has 0 radical (unpaired) electrons. The van der Waals surface area contributed by atoms with Gasteiger partial charge in [-0.1, -0.05) is 12.1 Å². The van der Waals surface area contributed by atoms with Crippen LogP contribution < -0.4 is 0 Å². The molecule has 1 aromatic heterocycles. The Balaban J connectivity index is 2.17. The van der Waals surface area contributed by atoms with Gasteiger partial charge in [-0.15, -0.1) is 0 Å². The lowest BCUT2D eigenvalue weighted by atomic mass is 10.1. The molecule has 0 aliphatic carbocycles. The third-order valence-corrected chi connectivity index (χ3v) is 4.67. The van der Waals surface area contributed by atoms with Crippen LogP contribution in [0.4, 0.5) is 8.78 Å². The number of hydrogen-bond donors (Lipinski definition) is 0. The van der Waals surface area contributed by atoms with Crippen LogP contribution in [0.25, 0.3) is 16.9 Å². The van der Waals surface area contributed by atoms with Crippen molar-refractivity contribution in [1.29, 1.82) is 5.26 Å². The summed E-state index contributed by atoms with van der Waals surface area (Å²) in [5, 5.41) is 13.1. The SMILES string of the molecule is CS(=O)(=O)c1ccc(-c2cc(C#N)nn2-c2ccc(F)cc2F)cc1. The van der Waals surface area contributed by atoms with Gasteiger partial charge >= 0.3 is 0 Å². The first-order valence-electron chi connectivity index (χ1n) is 7.05. The molecule has 0 aliphatic heterocycles. The van der Waals surface area contributed by atoms with Crippen LogP contribution >= 0.6 is 0 Å². The summed E-state index contributed by atoms with van der Waals surface area (Å²) in [5.41, 5.74) is 0.934. The minimum absolute atomic E-state index is 0.0231. The first-order valence-corrected chi connectivity index (χ1v) is 8.95. The number of hydrogen-bond acceptors (Lipinski definition) is 4. The average molecular weight is 359 g/mol. The maximum atomic E-state index is 14.1. The van der Waals surface area contributed by atoms with E-state index in [9.17, 15) is 17.2 Å². The molecular weight excluding hydrogens is 348 g/mol. The van der Waals surface area contributed by atoms with Crippen LogP contribution in [0.2, 0.25) is 0 Å². The molecule has 3 rings (SSSR count). The third kappa shape index (κ3) is 3.27. The van der Waals surface area contributed by atoms with Gasteiger partial charge in [0.2, 0.25) is 0 Å². The van der Waals surface area contributed by atoms with Crippen LogP contribution in [0.15, 0.2) is 53.4 Å². The van der Waals surface area contributed by atoms with Crippen molar-refractivity contribution in [3.05, 3.63) is 65.9 Å². The van der Waals surface area contributed by atoms with Crippen molar-refractivity contribution in [3.8, 4) is 23.0 Å². The summed E-state index contributed by atoms with van der Waals surface area (Å²) >= 11 is 0. The predicted molar refractivity (Wildman–Crippen MR) is 86.7 cm³/mol. The van der Waals surface area contributed by atoms with Gasteiger partial charge in [-0.2, -0.15) is 10.4 Å². The molecule has 0 spiro atoms. The van der Waals surface area contributed by atoms with E-state index >= 15 is 0 Å². The zero-order chi connectivity index (χ0) is 18.2. The average Bonchev–Trinajstić information content (AvgIpc) is 2.98. The maximum Gasteiger partial charge on any atom is 0.175 e. The van der Waals surface area contributed by atoms with E-state index < -0.39 is 21.5 Å². The van der Waals surface area contributed by atoms with Gasteiger partial charge in [0.1, 0.15) is 17.6 Å². The van der Waals surface area contributed by atoms with E-state index in [2.05, 4.69) is 5.10 Å². The number of benzene rings is 2. The van der Waals surface area contributed by atoms with Gasteiger partial charge in [0.05, 0.1) is 10.6 Å². The summed E-state index contributed by atoms with van der Waals surface area (Å²) in [5.74, 6) is -1.56. The molecule has 0 saturated heterocycles. The molecule has 3 aromatic rings. The highest BCUT2D eigenvalue weighted by Crippen LogP contribution is 2.26. The van der Waals surface area contributed by atoms with E-state index in [4.69, 9.17) is 5.26 Å². The Kier molecular flexibility index (Phi) is 4.10. The first-order chi connectivity index (χ1) is 11.8. The second kappa shape index (κ2) is 6.11. The quantitative estimate of drug-likeness (QED) is 0.720. The predicted octanol–water partition coefficient (Wildman–Crippen LogP) is 3.09. The van der Waals surface area contributed by atoms with E-state index in [1.54, 1.807) is 0 Å². The van der Waals surface area contributed by atoms with E-state index in [1.807, 2.05) is 6.07 Å². The second-order valence-corrected chi connectivity index (χ2v) is 7.35. The van der Waals surface area contributed by atoms with Crippen molar-refractivity contribution < 1.29 is 17.2 Å². The van der Waals surface area contributed by atoms with Gasteiger partial charge in [-0.05, 0) is 24.3 Å². The lowest BCUT2D eigenvalue weighted by molar-refractivity contribution is 0.574. The number of aromatic nitrogens is 2. The largest absolute Gasteiger partial charge is 0.229 e. The summed E-state index contributed by atoms with van der Waals surface area (Å²) in [6.07, 6.45) is 1.09. The van der Waals surface area contributed by atoms with Gasteiger partial charge in [-0.3, -0.25) is 0 Å². The van der Waals surface area contributed by atoms with E-state index in [0.717, 1.165) is 18.4 Å². The second-order valence-electron chi connectivity index (χ2n) is 5.33. The fourth-order valence-electron chi connectivity index (χ4n) is 2.35. The molecule has 126 valence electrons. The molecule has 1 heterocycles. The highest BCUT2D eigenvalue weighted by molar-refractivity contribution is 7.90. The van der Waals surface area contributed by atoms with Crippen LogP contribution in [-0.2, 0) is 9.84 Å². The summed E-state index contributed by atoms with van der Waals surface area (Å²) in [4.78, 5) is 0.135. The minimum atomic E-state index is -3.35. The number of halogens is 2. The molecule has 5 nitrogen and oxygen atoms in total. The molecule has 0 atom stereocenters. The molecule has 2 aromatic carbocycles. The monoisotopic (exact) mass is 359 g/mol. The molecule has 0 fully saturated rings. The Morgan fingerprint density at radius 3 is 2.32 bits per heavy atom. The Labute approximate surface area is 142 Å². The highest BCUT2D eigenvalue weighted by atomic mass is 32.2. The molecule has 25 heavy (non-hydrogen) atoms. The molecule has 0 saturated carbocycles. The van der Waals surface area contributed by atoms with Crippen LogP contribution in [0, 0.1) is 23.0 Å². The Morgan fingerprint density at radius 1 is 1.08 bits per heavy atom.